The van der Waals surface area contributed by atoms with Crippen LogP contribution in [0.15, 0.2) is 5.51 Å². The first kappa shape index (κ1) is 6.66. The first-order valence-corrected chi connectivity index (χ1v) is 1.96. The molecule has 2 nitrogen and oxygen atoms in total. The Morgan fingerprint density at radius 1 is 1.67 bits per heavy atom. The number of aromatic nitrogens is 2. The van der Waals surface area contributed by atoms with Crippen LogP contribution in [0.5, 0.6) is 0 Å². The van der Waals surface area contributed by atoms with Crippen molar-refractivity contribution >= 4 is 11.5 Å². The molecule has 0 atom stereocenters. The van der Waals surface area contributed by atoms with Crippen LogP contribution in [0, 0.1) is 6.33 Å². The second-order valence-corrected chi connectivity index (χ2v) is 1.14. The molecule has 0 N–H and O–H groups in total. The maximum atomic E-state index is 3.53. The zero-order valence-electron chi connectivity index (χ0n) is 2.96. The van der Waals surface area contributed by atoms with Gasteiger partial charge in [0.15, 0.2) is 0 Å². The summed E-state index contributed by atoms with van der Waals surface area (Å²) >= 11 is 1.30. The van der Waals surface area contributed by atoms with Gasteiger partial charge < -0.3 is 9.36 Å². The summed E-state index contributed by atoms with van der Waals surface area (Å²) in [5, 5.41) is 0. The van der Waals surface area contributed by atoms with Gasteiger partial charge in [0.1, 0.15) is 0 Å². The predicted molar refractivity (Wildman–Crippen MR) is 18.7 cm³/mol. The summed E-state index contributed by atoms with van der Waals surface area (Å²) in [5.74, 6) is 0. The third kappa shape index (κ3) is 1.95. The molecule has 1 aromatic heterocycles. The third-order valence-electron chi connectivity index (χ3n) is 0.251. The van der Waals surface area contributed by atoms with Crippen molar-refractivity contribution in [2.24, 2.45) is 0 Å². The van der Waals surface area contributed by atoms with Gasteiger partial charge in [-0.3, -0.25) is 0 Å². The van der Waals surface area contributed by atoms with Crippen LogP contribution in [0.4, 0.5) is 0 Å². The fourth-order valence-corrected chi connectivity index (χ4v) is 0.354. The van der Waals surface area contributed by atoms with Gasteiger partial charge in [0.05, 0.1) is 0 Å². The van der Waals surface area contributed by atoms with E-state index in [2.05, 4.69) is 15.7 Å². The Morgan fingerprint density at radius 2 is 2.50 bits per heavy atom. The van der Waals surface area contributed by atoms with Gasteiger partial charge >= 0.3 is 0 Å². The fraction of sp³-hybridized carbons (Fsp3) is 0. The van der Waals surface area contributed by atoms with Gasteiger partial charge in [-0.05, 0) is 6.33 Å². The smallest absolute Gasteiger partial charge is 0 e. The van der Waals surface area contributed by atoms with Crippen LogP contribution in [-0.4, -0.2) is 9.36 Å². The van der Waals surface area contributed by atoms with E-state index in [0.29, 0.717) is 0 Å². The number of hydrogen-bond acceptors (Lipinski definition) is 3. The van der Waals surface area contributed by atoms with Gasteiger partial charge in [-0.1, -0.05) is 5.51 Å². The molecule has 0 unspecified atom stereocenters. The predicted octanol–water partition coefficient (Wildman–Crippen LogP) is 0.336. The van der Waals surface area contributed by atoms with Crippen LogP contribution >= 0.6 is 11.5 Å². The van der Waals surface area contributed by atoms with Crippen LogP contribution in [0.1, 0.15) is 0 Å². The first-order valence-electron chi connectivity index (χ1n) is 1.12. The Labute approximate surface area is 65.0 Å². The van der Waals surface area contributed by atoms with E-state index < -0.39 is 0 Å². The molecule has 0 amide bonds. The van der Waals surface area contributed by atoms with Gasteiger partial charge in [-0.25, -0.2) is 0 Å². The van der Waals surface area contributed by atoms with E-state index in [-0.39, 0.29) is 32.7 Å². The quantitative estimate of drug-likeness (QED) is 0.530. The minimum atomic E-state index is 0. The summed E-state index contributed by atoms with van der Waals surface area (Å²) in [6.45, 7) is 0. The van der Waals surface area contributed by atoms with Crippen LogP contribution in [0.2, 0.25) is 0 Å². The normalized spacial score (nSPS) is 6.67. The summed E-state index contributed by atoms with van der Waals surface area (Å²) in [6.07, 6.45) is 2.38. The minimum Gasteiger partial charge on any atom is -0.427 e. The van der Waals surface area contributed by atoms with Crippen molar-refractivity contribution in [3.05, 3.63) is 11.8 Å². The zero-order valence-corrected chi connectivity index (χ0v) is 6.61. The van der Waals surface area contributed by atoms with Gasteiger partial charge in [-0.2, -0.15) is 0 Å². The van der Waals surface area contributed by atoms with E-state index in [9.17, 15) is 0 Å². The molecule has 0 aromatic carbocycles. The fourth-order valence-electron chi connectivity index (χ4n) is 0.118. The number of hydrogen-bond donors (Lipinski definition) is 0. The summed E-state index contributed by atoms with van der Waals surface area (Å²) in [6, 6.07) is 0. The number of rotatable bonds is 0. The third-order valence-corrected chi connectivity index (χ3v) is 0.638. The molecule has 0 aliphatic rings. The molecule has 1 rings (SSSR count). The molecule has 0 saturated heterocycles. The van der Waals surface area contributed by atoms with E-state index >= 15 is 0 Å². The Kier molecular flexibility index (Phi) is 4.27. The molecule has 0 spiro atoms. The molecule has 0 aliphatic heterocycles. The van der Waals surface area contributed by atoms with Crippen LogP contribution in [0.3, 0.4) is 0 Å². The van der Waals surface area contributed by atoms with Gasteiger partial charge in [0, 0.05) is 32.7 Å². The van der Waals surface area contributed by atoms with Crippen molar-refractivity contribution in [2.75, 3.05) is 0 Å². The van der Waals surface area contributed by atoms with Gasteiger partial charge in [-0.15, -0.1) is 11.5 Å². The molecule has 0 fully saturated rings. The largest absolute Gasteiger partial charge is 0.427 e. The van der Waals surface area contributed by atoms with E-state index in [1.165, 1.54) is 11.5 Å². The van der Waals surface area contributed by atoms with Crippen molar-refractivity contribution in [1.82, 2.24) is 9.36 Å². The standard InChI is InChI=1S/C2HN2S.Y/c1-3-2-5-4-1;/h2H;/q-1;. The Morgan fingerprint density at radius 3 is 2.67 bits per heavy atom. The average molecular weight is 174 g/mol. The SMILES string of the molecule is [Y].[c-]1ncsn1. The van der Waals surface area contributed by atoms with Crippen molar-refractivity contribution in [3.8, 4) is 0 Å². The molecule has 1 radical (unpaired) electrons. The summed E-state index contributed by atoms with van der Waals surface area (Å²) in [5.41, 5.74) is 1.62. The molecule has 1 heterocycles. The second kappa shape index (κ2) is 3.84. The molecular formula is C2HN2SY-. The molecule has 0 saturated carbocycles. The van der Waals surface area contributed by atoms with Crippen molar-refractivity contribution in [2.45, 2.75) is 0 Å². The first-order chi connectivity index (χ1) is 2.50. The molecule has 1 aromatic rings. The Balaban J connectivity index is 0.000000250. The van der Waals surface area contributed by atoms with Crippen molar-refractivity contribution < 1.29 is 32.7 Å². The molecule has 29 valence electrons. The second-order valence-electron chi connectivity index (χ2n) is 0.531. The maximum absolute atomic E-state index is 3.53. The summed E-state index contributed by atoms with van der Waals surface area (Å²) < 4.78 is 3.53. The average Bonchev–Trinajstić information content (AvgIpc) is 1.76. The molecule has 6 heavy (non-hydrogen) atoms. The van der Waals surface area contributed by atoms with E-state index in [1.54, 1.807) is 5.51 Å². The maximum Gasteiger partial charge on any atom is 0 e. The summed E-state index contributed by atoms with van der Waals surface area (Å²) in [4.78, 5) is 3.50. The molecule has 0 aliphatic carbocycles. The van der Waals surface area contributed by atoms with E-state index in [0.717, 1.165) is 0 Å². The zero-order chi connectivity index (χ0) is 3.54. The molecule has 0 bridgehead atoms. The van der Waals surface area contributed by atoms with Crippen LogP contribution in [-0.2, 0) is 32.7 Å². The van der Waals surface area contributed by atoms with E-state index in [1.807, 2.05) is 0 Å². The monoisotopic (exact) mass is 174 g/mol. The van der Waals surface area contributed by atoms with Crippen LogP contribution < -0.4 is 0 Å². The molecule has 4 heteroatoms. The topological polar surface area (TPSA) is 25.8 Å². The Hall–Kier alpha value is 0.664. The van der Waals surface area contributed by atoms with Crippen LogP contribution in [0.25, 0.3) is 0 Å². The summed E-state index contributed by atoms with van der Waals surface area (Å²) in [7, 11) is 0. The number of nitrogens with zero attached hydrogens (tertiary/aromatic N) is 2. The molecular weight excluding hydrogens is 173 g/mol. The minimum absolute atomic E-state index is 0. The van der Waals surface area contributed by atoms with Gasteiger partial charge in [0.25, 0.3) is 0 Å². The van der Waals surface area contributed by atoms with Gasteiger partial charge in [0.2, 0.25) is 0 Å². The van der Waals surface area contributed by atoms with Crippen molar-refractivity contribution in [1.29, 1.82) is 0 Å². The van der Waals surface area contributed by atoms with Crippen molar-refractivity contribution in [3.63, 3.8) is 0 Å². The van der Waals surface area contributed by atoms with E-state index in [4.69, 9.17) is 0 Å². The Bertz CT molecular complexity index is 68.0.